The Bertz CT molecular complexity index is 1760. The highest BCUT2D eigenvalue weighted by Crippen LogP contribution is 2.22. The van der Waals surface area contributed by atoms with Gasteiger partial charge in [0.25, 0.3) is 5.91 Å². The molecule has 222 valence electrons. The lowest BCUT2D eigenvalue weighted by atomic mass is 10.00. The number of anilines is 1. The molecular formula is C36H33N3O5. The summed E-state index contributed by atoms with van der Waals surface area (Å²) in [5, 5.41) is 14.0. The number of nitrogens with one attached hydrogen (secondary N) is 1. The molecule has 44 heavy (non-hydrogen) atoms. The first kappa shape index (κ1) is 30.0. The molecule has 4 aromatic carbocycles. The van der Waals surface area contributed by atoms with Gasteiger partial charge in [-0.2, -0.15) is 0 Å². The van der Waals surface area contributed by atoms with Crippen molar-refractivity contribution in [3.63, 3.8) is 0 Å². The van der Waals surface area contributed by atoms with E-state index in [1.54, 1.807) is 71.6 Å². The fourth-order valence-corrected chi connectivity index (χ4v) is 4.92. The fourth-order valence-electron chi connectivity index (χ4n) is 4.92. The van der Waals surface area contributed by atoms with E-state index in [9.17, 15) is 19.5 Å². The molecule has 0 radical (unpaired) electrons. The van der Waals surface area contributed by atoms with Crippen LogP contribution in [0.4, 0.5) is 5.69 Å². The summed E-state index contributed by atoms with van der Waals surface area (Å²) in [5.74, 6) is -0.759. The predicted molar refractivity (Wildman–Crippen MR) is 170 cm³/mol. The number of para-hydroxylation sites is 2. The van der Waals surface area contributed by atoms with E-state index in [4.69, 9.17) is 4.74 Å². The van der Waals surface area contributed by atoms with Crippen LogP contribution in [0.3, 0.4) is 0 Å². The van der Waals surface area contributed by atoms with Crippen molar-refractivity contribution in [3.8, 4) is 5.75 Å². The third-order valence-electron chi connectivity index (χ3n) is 7.32. The molecule has 0 aliphatic carbocycles. The van der Waals surface area contributed by atoms with Crippen molar-refractivity contribution >= 4 is 34.3 Å². The minimum Gasteiger partial charge on any atom is -0.492 e. The van der Waals surface area contributed by atoms with Crippen molar-refractivity contribution < 1.29 is 24.2 Å². The second kappa shape index (κ2) is 14.1. The van der Waals surface area contributed by atoms with Crippen molar-refractivity contribution in [3.05, 3.63) is 138 Å². The predicted octanol–water partition coefficient (Wildman–Crippen LogP) is 6.11. The first-order valence-electron chi connectivity index (χ1n) is 14.5. The van der Waals surface area contributed by atoms with Crippen LogP contribution in [-0.2, 0) is 11.2 Å². The van der Waals surface area contributed by atoms with Crippen LogP contribution in [0.1, 0.15) is 38.9 Å². The summed E-state index contributed by atoms with van der Waals surface area (Å²) in [6.07, 6.45) is 0.195. The van der Waals surface area contributed by atoms with Crippen molar-refractivity contribution in [2.24, 2.45) is 0 Å². The molecule has 0 aliphatic heterocycles. The van der Waals surface area contributed by atoms with Gasteiger partial charge in [0, 0.05) is 35.2 Å². The Balaban J connectivity index is 1.18. The second-order valence-corrected chi connectivity index (χ2v) is 10.2. The molecule has 1 aromatic heterocycles. The van der Waals surface area contributed by atoms with Crippen LogP contribution in [-0.4, -0.2) is 58.4 Å². The first-order chi connectivity index (χ1) is 21.4. The number of carbonyl (C=O) groups excluding carboxylic acids is 2. The molecule has 0 aliphatic rings. The quantitative estimate of drug-likeness (QED) is 0.160. The molecule has 2 N–H and O–H groups in total. The molecule has 5 rings (SSSR count). The molecule has 0 spiro atoms. The van der Waals surface area contributed by atoms with Crippen molar-refractivity contribution in [1.82, 2.24) is 9.88 Å². The third kappa shape index (κ3) is 7.28. The maximum Gasteiger partial charge on any atom is 0.326 e. The minimum atomic E-state index is -1.03. The second-order valence-electron chi connectivity index (χ2n) is 10.2. The zero-order valence-electron chi connectivity index (χ0n) is 24.4. The molecule has 0 bridgehead atoms. The molecule has 5 aromatic rings. The van der Waals surface area contributed by atoms with E-state index in [1.165, 1.54) is 0 Å². The van der Waals surface area contributed by atoms with Gasteiger partial charge in [-0.15, -0.1) is 0 Å². The van der Waals surface area contributed by atoms with Gasteiger partial charge in [0.1, 0.15) is 24.1 Å². The lowest BCUT2D eigenvalue weighted by Crippen LogP contribution is -2.35. The van der Waals surface area contributed by atoms with E-state index in [1.807, 2.05) is 55.5 Å². The Hall–Kier alpha value is -5.50. The van der Waals surface area contributed by atoms with E-state index in [-0.39, 0.29) is 24.7 Å². The number of likely N-dealkylation sites (N-methyl/N-ethyl adjacent to an activating group) is 1. The van der Waals surface area contributed by atoms with Gasteiger partial charge in [-0.25, -0.2) is 9.78 Å². The number of rotatable bonds is 13. The smallest absolute Gasteiger partial charge is 0.326 e. The highest BCUT2D eigenvalue weighted by Gasteiger charge is 2.22. The zero-order valence-corrected chi connectivity index (χ0v) is 24.4. The molecule has 1 heterocycles. The topological polar surface area (TPSA) is 109 Å². The van der Waals surface area contributed by atoms with Crippen molar-refractivity contribution in [2.45, 2.75) is 19.4 Å². The number of nitrogens with zero attached hydrogens (tertiary/aromatic N) is 2. The fraction of sp³-hybridized carbons (Fsp3) is 0.167. The number of ether oxygens (including phenoxy) is 1. The van der Waals surface area contributed by atoms with Gasteiger partial charge in [-0.3, -0.25) is 9.59 Å². The van der Waals surface area contributed by atoms with Gasteiger partial charge >= 0.3 is 5.97 Å². The first-order valence-corrected chi connectivity index (χ1v) is 14.5. The SMILES string of the molecule is CCN(CCOc1ccc(C[C@H](Nc2ccccc2C(=O)c2ccccc2)C(=O)O)cc1)C(=O)c1ccc2ccccc2n1. The number of pyridine rings is 1. The number of aliphatic carboxylic acids is 1. The standard InChI is InChI=1S/C36H33N3O5/c1-2-39(35(41)32-21-18-26-10-6-8-14-30(26)37-32)22-23-44-28-19-16-25(17-20-28)24-33(36(42)43)38-31-15-9-7-13-29(31)34(40)27-11-4-3-5-12-27/h3-21,33,38H,2,22-24H2,1H3,(H,42,43)/t33-/m0/s1. The van der Waals surface area contributed by atoms with Gasteiger partial charge in [0.15, 0.2) is 5.78 Å². The van der Waals surface area contributed by atoms with Gasteiger partial charge < -0.3 is 20.1 Å². The number of hydrogen-bond acceptors (Lipinski definition) is 6. The highest BCUT2D eigenvalue weighted by atomic mass is 16.5. The van der Waals surface area contributed by atoms with Crippen LogP contribution >= 0.6 is 0 Å². The zero-order chi connectivity index (χ0) is 30.9. The lowest BCUT2D eigenvalue weighted by molar-refractivity contribution is -0.137. The monoisotopic (exact) mass is 587 g/mol. The Morgan fingerprint density at radius 3 is 2.30 bits per heavy atom. The van der Waals surface area contributed by atoms with Crippen LogP contribution in [0.2, 0.25) is 0 Å². The number of hydrogen-bond donors (Lipinski definition) is 2. The molecular weight excluding hydrogens is 554 g/mol. The normalized spacial score (nSPS) is 11.5. The largest absolute Gasteiger partial charge is 0.492 e. The Kier molecular flexibility index (Phi) is 9.61. The van der Waals surface area contributed by atoms with E-state index in [0.717, 1.165) is 16.5 Å². The number of benzene rings is 4. The number of carboxylic acids is 1. The maximum absolute atomic E-state index is 13.1. The van der Waals surface area contributed by atoms with Crippen LogP contribution < -0.4 is 10.1 Å². The van der Waals surface area contributed by atoms with E-state index in [0.29, 0.717) is 41.3 Å². The lowest BCUT2D eigenvalue weighted by Gasteiger charge is -2.21. The number of amides is 1. The average molecular weight is 588 g/mol. The maximum atomic E-state index is 13.1. The number of carboxylic acid groups (broad SMARTS) is 1. The summed E-state index contributed by atoms with van der Waals surface area (Å²) in [6.45, 7) is 3.10. The highest BCUT2D eigenvalue weighted by molar-refractivity contribution is 6.12. The molecule has 8 heteroatoms. The summed E-state index contributed by atoms with van der Waals surface area (Å²) in [4.78, 5) is 44.5. The van der Waals surface area contributed by atoms with Crippen LogP contribution in [0, 0.1) is 0 Å². The van der Waals surface area contributed by atoms with Crippen LogP contribution in [0.25, 0.3) is 10.9 Å². The van der Waals surface area contributed by atoms with Gasteiger partial charge in [0.05, 0.1) is 12.1 Å². The van der Waals surface area contributed by atoms with Crippen LogP contribution in [0.15, 0.2) is 115 Å². The van der Waals surface area contributed by atoms with Gasteiger partial charge in [-0.1, -0.05) is 78.9 Å². The van der Waals surface area contributed by atoms with E-state index < -0.39 is 12.0 Å². The summed E-state index contributed by atoms with van der Waals surface area (Å²) < 4.78 is 5.90. The Morgan fingerprint density at radius 1 is 0.841 bits per heavy atom. The molecule has 8 nitrogen and oxygen atoms in total. The summed E-state index contributed by atoms with van der Waals surface area (Å²) in [7, 11) is 0. The summed E-state index contributed by atoms with van der Waals surface area (Å²) in [5.41, 5.74) is 3.35. The molecule has 0 fully saturated rings. The van der Waals surface area contributed by atoms with Crippen molar-refractivity contribution in [2.75, 3.05) is 25.0 Å². The van der Waals surface area contributed by atoms with Gasteiger partial charge in [-0.05, 0) is 48.9 Å². The number of fused-ring (bicyclic) bond motifs is 1. The van der Waals surface area contributed by atoms with Crippen LogP contribution in [0.5, 0.6) is 5.75 Å². The Morgan fingerprint density at radius 2 is 1.55 bits per heavy atom. The minimum absolute atomic E-state index is 0.156. The summed E-state index contributed by atoms with van der Waals surface area (Å²) >= 11 is 0. The average Bonchev–Trinajstić information content (AvgIpc) is 3.07. The third-order valence-corrected chi connectivity index (χ3v) is 7.32. The molecule has 0 unspecified atom stereocenters. The Labute approximate surface area is 255 Å². The molecule has 0 saturated heterocycles. The summed E-state index contributed by atoms with van der Waals surface area (Å²) in [6, 6.07) is 33.4. The molecule has 0 saturated carbocycles. The van der Waals surface area contributed by atoms with Crippen molar-refractivity contribution in [1.29, 1.82) is 0 Å². The van der Waals surface area contributed by atoms with Gasteiger partial charge in [0.2, 0.25) is 0 Å². The molecule has 1 atom stereocenters. The number of ketones is 1. The number of carbonyl (C=O) groups is 3. The number of aromatic nitrogens is 1. The molecule has 1 amide bonds. The van der Waals surface area contributed by atoms with E-state index >= 15 is 0 Å². The van der Waals surface area contributed by atoms with E-state index in [2.05, 4.69) is 10.3 Å².